The molecule has 0 saturated heterocycles. The Labute approximate surface area is 127 Å². The number of nitrogens with one attached hydrogen (secondary N) is 1. The Bertz CT molecular complexity index is 429. The van der Waals surface area contributed by atoms with Crippen molar-refractivity contribution in [3.63, 3.8) is 0 Å². The highest BCUT2D eigenvalue weighted by molar-refractivity contribution is 8.03. The molecule has 0 aliphatic heterocycles. The number of hydrogen-bond acceptors (Lipinski definition) is 7. The molecule has 19 heavy (non-hydrogen) atoms. The Hall–Kier alpha value is -0.290. The van der Waals surface area contributed by atoms with Crippen LogP contribution >= 0.6 is 34.9 Å². The van der Waals surface area contributed by atoms with E-state index in [1.165, 1.54) is 0 Å². The Balaban J connectivity index is 2.53. The molecule has 0 saturated carbocycles. The summed E-state index contributed by atoms with van der Waals surface area (Å²) >= 11 is 4.92. The van der Waals surface area contributed by atoms with Crippen molar-refractivity contribution in [1.29, 1.82) is 5.26 Å². The summed E-state index contributed by atoms with van der Waals surface area (Å²) in [5.41, 5.74) is -0.463. The third-order valence-electron chi connectivity index (χ3n) is 2.57. The van der Waals surface area contributed by atoms with Crippen LogP contribution in [0.15, 0.2) is 8.68 Å². The first-order valence-electron chi connectivity index (χ1n) is 6.23. The molecule has 2 unspecified atom stereocenters. The van der Waals surface area contributed by atoms with E-state index in [0.29, 0.717) is 5.25 Å². The van der Waals surface area contributed by atoms with E-state index in [-0.39, 0.29) is 0 Å². The van der Waals surface area contributed by atoms with Crippen LogP contribution in [0.25, 0.3) is 0 Å². The van der Waals surface area contributed by atoms with Crippen LogP contribution < -0.4 is 5.32 Å². The smallest absolute Gasteiger partial charge is 0.175 e. The molecule has 0 radical (unpaired) electrons. The summed E-state index contributed by atoms with van der Waals surface area (Å²) in [6, 6.07) is 2.39. The maximum absolute atomic E-state index is 9.32. The maximum Gasteiger partial charge on any atom is 0.175 e. The first kappa shape index (κ1) is 16.8. The van der Waals surface area contributed by atoms with Gasteiger partial charge in [-0.1, -0.05) is 48.7 Å². The van der Waals surface area contributed by atoms with Crippen molar-refractivity contribution >= 4 is 34.9 Å². The molecule has 2 atom stereocenters. The van der Waals surface area contributed by atoms with Crippen molar-refractivity contribution in [2.45, 2.75) is 53.1 Å². The third-order valence-corrected chi connectivity index (χ3v) is 5.66. The van der Waals surface area contributed by atoms with Gasteiger partial charge in [0.05, 0.1) is 6.07 Å². The predicted octanol–water partition coefficient (Wildman–Crippen LogP) is 3.41. The van der Waals surface area contributed by atoms with Gasteiger partial charge in [0.15, 0.2) is 8.68 Å². The van der Waals surface area contributed by atoms with Crippen LogP contribution in [0.2, 0.25) is 0 Å². The Morgan fingerprint density at radius 2 is 2.16 bits per heavy atom. The molecular weight excluding hydrogens is 296 g/mol. The van der Waals surface area contributed by atoms with Gasteiger partial charge in [0.1, 0.15) is 5.54 Å². The van der Waals surface area contributed by atoms with Gasteiger partial charge in [-0.25, -0.2) is 0 Å². The molecule has 0 amide bonds. The largest absolute Gasteiger partial charge is 0.300 e. The fourth-order valence-corrected chi connectivity index (χ4v) is 4.61. The average molecular weight is 317 g/mol. The van der Waals surface area contributed by atoms with Gasteiger partial charge in [0.2, 0.25) is 0 Å². The number of nitriles is 1. The maximum atomic E-state index is 9.32. The van der Waals surface area contributed by atoms with Crippen LogP contribution in [0.1, 0.15) is 33.6 Å². The minimum absolute atomic E-state index is 0.330. The number of nitrogens with zero attached hydrogens (tertiary/aromatic N) is 3. The van der Waals surface area contributed by atoms with Gasteiger partial charge in [0, 0.05) is 5.25 Å². The molecule has 1 aromatic rings. The SMILES string of the molecule is CCCNC(C)(C#N)CC(C)Sc1nnc(SC)s1. The first-order valence-corrected chi connectivity index (χ1v) is 9.15. The molecule has 0 fully saturated rings. The average Bonchev–Trinajstić information content (AvgIpc) is 2.83. The first-order chi connectivity index (χ1) is 9.03. The van der Waals surface area contributed by atoms with Crippen molar-refractivity contribution in [2.75, 3.05) is 12.8 Å². The van der Waals surface area contributed by atoms with Gasteiger partial charge >= 0.3 is 0 Å². The molecule has 1 heterocycles. The van der Waals surface area contributed by atoms with Gasteiger partial charge < -0.3 is 0 Å². The molecule has 1 rings (SSSR count). The minimum Gasteiger partial charge on any atom is -0.300 e. The van der Waals surface area contributed by atoms with Gasteiger partial charge in [-0.2, -0.15) is 5.26 Å². The second kappa shape index (κ2) is 8.10. The zero-order valence-corrected chi connectivity index (χ0v) is 14.2. The lowest BCUT2D eigenvalue weighted by atomic mass is 9.98. The van der Waals surface area contributed by atoms with Crippen molar-refractivity contribution in [1.82, 2.24) is 15.5 Å². The zero-order valence-electron chi connectivity index (χ0n) is 11.8. The highest BCUT2D eigenvalue weighted by Crippen LogP contribution is 2.32. The van der Waals surface area contributed by atoms with E-state index in [0.717, 1.165) is 28.1 Å². The molecule has 7 heteroatoms. The Morgan fingerprint density at radius 1 is 1.47 bits per heavy atom. The van der Waals surface area contributed by atoms with Gasteiger partial charge in [0.25, 0.3) is 0 Å². The molecule has 0 aliphatic rings. The van der Waals surface area contributed by atoms with Crippen LogP contribution in [-0.4, -0.2) is 33.8 Å². The number of hydrogen-bond donors (Lipinski definition) is 1. The molecule has 1 aromatic heterocycles. The lowest BCUT2D eigenvalue weighted by molar-refractivity contribution is 0.418. The molecule has 0 aromatic carbocycles. The monoisotopic (exact) mass is 316 g/mol. The van der Waals surface area contributed by atoms with Gasteiger partial charge in [-0.3, -0.25) is 5.32 Å². The standard InChI is InChI=1S/C12H20N4S3/c1-5-6-14-12(3,8-13)7-9(2)18-11-16-15-10(17-4)19-11/h9,14H,5-7H2,1-4H3. The molecule has 0 bridgehead atoms. The molecular formula is C12H20N4S3. The fraction of sp³-hybridized carbons (Fsp3) is 0.750. The summed E-state index contributed by atoms with van der Waals surface area (Å²) in [6.07, 6.45) is 3.83. The van der Waals surface area contributed by atoms with Crippen LogP contribution in [0.5, 0.6) is 0 Å². The molecule has 0 spiro atoms. The van der Waals surface area contributed by atoms with E-state index in [9.17, 15) is 5.26 Å². The quantitative estimate of drug-likeness (QED) is 0.742. The number of thioether (sulfide) groups is 2. The van der Waals surface area contributed by atoms with Crippen molar-refractivity contribution in [3.05, 3.63) is 0 Å². The lowest BCUT2D eigenvalue weighted by Gasteiger charge is -2.25. The zero-order chi connectivity index (χ0) is 14.3. The van der Waals surface area contributed by atoms with E-state index < -0.39 is 5.54 Å². The van der Waals surface area contributed by atoms with Crippen LogP contribution in [0, 0.1) is 11.3 Å². The van der Waals surface area contributed by atoms with Gasteiger partial charge in [-0.15, -0.1) is 10.2 Å². The highest BCUT2D eigenvalue weighted by atomic mass is 32.2. The topological polar surface area (TPSA) is 61.6 Å². The summed E-state index contributed by atoms with van der Waals surface area (Å²) < 4.78 is 1.97. The Kier molecular flexibility index (Phi) is 7.15. The summed E-state index contributed by atoms with van der Waals surface area (Å²) in [6.45, 7) is 7.08. The van der Waals surface area contributed by atoms with E-state index in [1.54, 1.807) is 34.9 Å². The van der Waals surface area contributed by atoms with E-state index in [4.69, 9.17) is 0 Å². The molecule has 106 valence electrons. The summed E-state index contributed by atoms with van der Waals surface area (Å²) in [7, 11) is 0. The lowest BCUT2D eigenvalue weighted by Crippen LogP contribution is -2.43. The molecule has 4 nitrogen and oxygen atoms in total. The predicted molar refractivity (Wildman–Crippen MR) is 83.9 cm³/mol. The third kappa shape index (κ3) is 5.69. The summed E-state index contributed by atoms with van der Waals surface area (Å²) in [4.78, 5) is 0. The second-order valence-corrected chi connectivity index (χ2v) is 8.26. The fourth-order valence-electron chi connectivity index (χ4n) is 1.67. The van der Waals surface area contributed by atoms with Crippen molar-refractivity contribution in [3.8, 4) is 6.07 Å². The second-order valence-electron chi connectivity index (χ2n) is 4.54. The highest BCUT2D eigenvalue weighted by Gasteiger charge is 2.26. The van der Waals surface area contributed by atoms with E-state index in [2.05, 4.69) is 35.4 Å². The van der Waals surface area contributed by atoms with E-state index >= 15 is 0 Å². The normalized spacial score (nSPS) is 15.7. The summed E-state index contributed by atoms with van der Waals surface area (Å²) in [5, 5.41) is 21.2. The number of rotatable bonds is 8. The molecule has 1 N–H and O–H groups in total. The Morgan fingerprint density at radius 3 is 2.68 bits per heavy atom. The van der Waals surface area contributed by atoms with Gasteiger partial charge in [-0.05, 0) is 32.6 Å². The summed E-state index contributed by atoms with van der Waals surface area (Å²) in [5.74, 6) is 0. The van der Waals surface area contributed by atoms with Crippen LogP contribution in [-0.2, 0) is 0 Å². The van der Waals surface area contributed by atoms with E-state index in [1.807, 2.05) is 13.2 Å². The minimum atomic E-state index is -0.463. The number of aromatic nitrogens is 2. The molecule has 0 aliphatic carbocycles. The van der Waals surface area contributed by atoms with Crippen molar-refractivity contribution < 1.29 is 0 Å². The van der Waals surface area contributed by atoms with Crippen molar-refractivity contribution in [2.24, 2.45) is 0 Å². The van der Waals surface area contributed by atoms with Crippen LogP contribution in [0.4, 0.5) is 0 Å². The van der Waals surface area contributed by atoms with Crippen LogP contribution in [0.3, 0.4) is 0 Å².